The number of carboxylic acids is 1. The van der Waals surface area contributed by atoms with Gasteiger partial charge in [-0.2, -0.15) is 0 Å². The van der Waals surface area contributed by atoms with Crippen molar-refractivity contribution in [2.75, 3.05) is 0 Å². The summed E-state index contributed by atoms with van der Waals surface area (Å²) in [5.74, 6) is -0.960. The van der Waals surface area contributed by atoms with Gasteiger partial charge in [-0.25, -0.2) is 0 Å². The molecule has 0 radical (unpaired) electrons. The fraction of sp³-hybridized carbons (Fsp3) is 0.286. The number of rotatable bonds is 13. The van der Waals surface area contributed by atoms with Crippen molar-refractivity contribution in [1.29, 1.82) is 0 Å². The minimum atomic E-state index is -0.960. The van der Waals surface area contributed by atoms with Crippen LogP contribution in [0.3, 0.4) is 0 Å². The number of aryl methyl sites for hydroxylation is 1. The van der Waals surface area contributed by atoms with Gasteiger partial charge in [-0.15, -0.1) is 0 Å². The van der Waals surface area contributed by atoms with Crippen LogP contribution in [0.15, 0.2) is 120 Å². The first kappa shape index (κ1) is 30.0. The van der Waals surface area contributed by atoms with Crippen LogP contribution in [0.2, 0.25) is 0 Å². The Labute approximate surface area is 251 Å². The fourth-order valence-electron chi connectivity index (χ4n) is 4.93. The van der Waals surface area contributed by atoms with Crippen LogP contribution in [0.1, 0.15) is 28.7 Å². The van der Waals surface area contributed by atoms with Crippen LogP contribution in [-0.4, -0.2) is 40.9 Å². The van der Waals surface area contributed by atoms with E-state index >= 15 is 0 Å². The van der Waals surface area contributed by atoms with E-state index in [9.17, 15) is 9.90 Å². The van der Waals surface area contributed by atoms with Crippen LogP contribution in [0.5, 0.6) is 0 Å². The molecule has 218 valence electrons. The van der Waals surface area contributed by atoms with Crippen LogP contribution in [0, 0.1) is 6.92 Å². The van der Waals surface area contributed by atoms with Crippen molar-refractivity contribution < 1.29 is 28.8 Å². The normalized spacial score (nSPS) is 22.1. The van der Waals surface area contributed by atoms with Gasteiger partial charge in [0.1, 0.15) is 23.7 Å². The molecule has 42 heavy (non-hydrogen) atoms. The Morgan fingerprint density at radius 2 is 1.12 bits per heavy atom. The van der Waals surface area contributed by atoms with Crippen molar-refractivity contribution in [3.8, 4) is 0 Å². The summed E-state index contributed by atoms with van der Waals surface area (Å²) in [5, 5.41) is 9.87. The minimum Gasteiger partial charge on any atom is -0.481 e. The maximum Gasteiger partial charge on any atom is 0.306 e. The summed E-state index contributed by atoms with van der Waals surface area (Å²) in [7, 11) is 0. The Morgan fingerprint density at radius 3 is 1.60 bits per heavy atom. The van der Waals surface area contributed by atoms with Crippen molar-refractivity contribution in [3.63, 3.8) is 0 Å². The van der Waals surface area contributed by atoms with Gasteiger partial charge in [0.15, 0.2) is 0 Å². The molecule has 4 aromatic rings. The predicted octanol–water partition coefficient (Wildman–Crippen LogP) is 7.04. The van der Waals surface area contributed by atoms with Crippen LogP contribution in [0.4, 0.5) is 0 Å². The van der Waals surface area contributed by atoms with Crippen molar-refractivity contribution in [2.45, 2.75) is 67.9 Å². The highest BCUT2D eigenvalue weighted by atomic mass is 32.2. The molecule has 0 aromatic heterocycles. The molecule has 1 N–H and O–H groups in total. The maximum absolute atomic E-state index is 12.1. The minimum absolute atomic E-state index is 0.221. The number of hydrogen-bond donors (Lipinski definition) is 1. The Morgan fingerprint density at radius 1 is 0.667 bits per heavy atom. The van der Waals surface area contributed by atoms with E-state index in [4.69, 9.17) is 18.9 Å². The summed E-state index contributed by atoms with van der Waals surface area (Å²) in [6, 6.07) is 37.9. The van der Waals surface area contributed by atoms with Crippen molar-refractivity contribution >= 4 is 17.7 Å². The third-order valence-corrected chi connectivity index (χ3v) is 8.25. The first-order valence-electron chi connectivity index (χ1n) is 14.1. The van der Waals surface area contributed by atoms with Crippen molar-refractivity contribution in [1.82, 2.24) is 0 Å². The second kappa shape index (κ2) is 15.1. The van der Waals surface area contributed by atoms with E-state index in [2.05, 4.69) is 12.1 Å². The molecule has 1 aliphatic heterocycles. The van der Waals surface area contributed by atoms with Gasteiger partial charge in [-0.1, -0.05) is 120 Å². The molecule has 6 nitrogen and oxygen atoms in total. The summed E-state index contributed by atoms with van der Waals surface area (Å²) < 4.78 is 26.3. The molecule has 5 atom stereocenters. The van der Waals surface area contributed by atoms with Gasteiger partial charge in [0.2, 0.25) is 0 Å². The van der Waals surface area contributed by atoms with Crippen LogP contribution in [-0.2, 0) is 43.6 Å². The third-order valence-electron chi connectivity index (χ3n) is 7.10. The molecule has 0 aliphatic carbocycles. The van der Waals surface area contributed by atoms with Gasteiger partial charge in [-0.05, 0) is 35.7 Å². The number of benzene rings is 4. The molecule has 0 amide bonds. The first-order valence-corrected chi connectivity index (χ1v) is 15.0. The van der Waals surface area contributed by atoms with E-state index < -0.39 is 35.8 Å². The van der Waals surface area contributed by atoms with Gasteiger partial charge in [-0.3, -0.25) is 4.79 Å². The van der Waals surface area contributed by atoms with Gasteiger partial charge >= 0.3 is 5.97 Å². The summed E-state index contributed by atoms with van der Waals surface area (Å²) in [4.78, 5) is 13.1. The van der Waals surface area contributed by atoms with Gasteiger partial charge in [0, 0.05) is 4.90 Å². The quantitative estimate of drug-likeness (QED) is 0.181. The maximum atomic E-state index is 12.1. The van der Waals surface area contributed by atoms with Gasteiger partial charge in [0.05, 0.1) is 32.3 Å². The number of carboxylic acid groups (broad SMARTS) is 1. The number of thioether (sulfide) groups is 1. The smallest absolute Gasteiger partial charge is 0.306 e. The zero-order valence-corrected chi connectivity index (χ0v) is 24.4. The van der Waals surface area contributed by atoms with Crippen LogP contribution >= 0.6 is 11.8 Å². The van der Waals surface area contributed by atoms with E-state index in [0.717, 1.165) is 27.1 Å². The zero-order chi connectivity index (χ0) is 29.1. The Kier molecular flexibility index (Phi) is 10.8. The molecule has 4 aromatic carbocycles. The van der Waals surface area contributed by atoms with Crippen molar-refractivity contribution in [3.05, 3.63) is 138 Å². The van der Waals surface area contributed by atoms with E-state index in [-0.39, 0.29) is 13.0 Å². The topological polar surface area (TPSA) is 74.2 Å². The lowest BCUT2D eigenvalue weighted by atomic mass is 9.96. The molecule has 0 spiro atoms. The lowest BCUT2D eigenvalue weighted by Gasteiger charge is -2.45. The highest BCUT2D eigenvalue weighted by molar-refractivity contribution is 7.99. The second-order valence-electron chi connectivity index (χ2n) is 10.4. The van der Waals surface area contributed by atoms with E-state index in [1.165, 1.54) is 11.8 Å². The second-order valence-corrected chi connectivity index (χ2v) is 11.5. The Hall–Kier alpha value is -3.46. The molecule has 0 saturated carbocycles. The fourth-order valence-corrected chi connectivity index (χ4v) is 6.06. The monoisotopic (exact) mass is 584 g/mol. The molecule has 1 saturated heterocycles. The van der Waals surface area contributed by atoms with Gasteiger partial charge < -0.3 is 24.1 Å². The van der Waals surface area contributed by atoms with Crippen LogP contribution in [0.25, 0.3) is 0 Å². The molecular formula is C35H36O6S. The van der Waals surface area contributed by atoms with E-state index in [1.54, 1.807) is 0 Å². The summed E-state index contributed by atoms with van der Waals surface area (Å²) in [6.07, 6.45) is -2.79. The average molecular weight is 585 g/mol. The lowest BCUT2D eigenvalue weighted by molar-refractivity contribution is -0.247. The highest BCUT2D eigenvalue weighted by Crippen LogP contribution is 2.39. The van der Waals surface area contributed by atoms with E-state index in [1.807, 2.05) is 110 Å². The summed E-state index contributed by atoms with van der Waals surface area (Å²) in [5.41, 5.74) is 3.63. The van der Waals surface area contributed by atoms with Crippen LogP contribution < -0.4 is 0 Å². The molecular weight excluding hydrogens is 548 g/mol. The molecule has 1 fully saturated rings. The molecule has 1 heterocycles. The molecule has 0 bridgehead atoms. The summed E-state index contributed by atoms with van der Waals surface area (Å²) >= 11 is 1.51. The SMILES string of the molecule is Cc1ccc(S[C@@H]2O[C@H](CC(=O)O)[C@@H](OCc3ccccc3)[C@H](OCc3ccccc3)[C@H]2OCc2ccccc2)cc1. The largest absolute Gasteiger partial charge is 0.481 e. The molecule has 7 heteroatoms. The average Bonchev–Trinajstić information content (AvgIpc) is 3.01. The third kappa shape index (κ3) is 8.53. The molecule has 1 aliphatic rings. The standard InChI is InChI=1S/C35H36O6S/c1-25-17-19-29(20-18-25)42-35-34(40-24-28-15-9-4-10-16-28)33(39-23-27-13-7-3-8-14-27)32(30(41-35)21-31(36)37)38-22-26-11-5-2-6-12-26/h2-20,30,32-35H,21-24H2,1H3,(H,36,37)/t30-,32-,33+,34-,35+/m1/s1. The Balaban J connectivity index is 1.48. The number of aliphatic carboxylic acids is 1. The number of ether oxygens (including phenoxy) is 4. The molecule has 0 unspecified atom stereocenters. The number of carbonyl (C=O) groups is 1. The zero-order valence-electron chi connectivity index (χ0n) is 23.6. The predicted molar refractivity (Wildman–Crippen MR) is 163 cm³/mol. The number of hydrogen-bond acceptors (Lipinski definition) is 6. The van der Waals surface area contributed by atoms with Crippen molar-refractivity contribution in [2.24, 2.45) is 0 Å². The first-order chi connectivity index (χ1) is 20.5. The van der Waals surface area contributed by atoms with Gasteiger partial charge in [0.25, 0.3) is 0 Å². The highest BCUT2D eigenvalue weighted by Gasteiger charge is 2.49. The van der Waals surface area contributed by atoms with E-state index in [0.29, 0.717) is 13.2 Å². The molecule has 5 rings (SSSR count). The Bertz CT molecular complexity index is 1370. The lowest BCUT2D eigenvalue weighted by Crippen LogP contribution is -2.59. The summed E-state index contributed by atoms with van der Waals surface area (Å²) in [6.45, 7) is 3.00.